The van der Waals surface area contributed by atoms with Crippen molar-refractivity contribution in [1.29, 1.82) is 0 Å². The van der Waals surface area contributed by atoms with Crippen LogP contribution < -0.4 is 14.2 Å². The fourth-order valence-electron chi connectivity index (χ4n) is 2.86. The molecule has 0 saturated heterocycles. The first-order chi connectivity index (χ1) is 13.3. The maximum atomic E-state index is 12.1. The van der Waals surface area contributed by atoms with E-state index in [1.54, 1.807) is 21.3 Å². The lowest BCUT2D eigenvalue weighted by Crippen LogP contribution is -2.11. The van der Waals surface area contributed by atoms with E-state index in [1.165, 1.54) is 5.56 Å². The summed E-state index contributed by atoms with van der Waals surface area (Å²) in [5, 5.41) is 0. The van der Waals surface area contributed by atoms with Crippen LogP contribution in [0.4, 0.5) is 0 Å². The average molecular weight is 386 g/mol. The maximum Gasteiger partial charge on any atom is 0.306 e. The summed E-state index contributed by atoms with van der Waals surface area (Å²) in [6, 6.07) is 11.9. The normalized spacial score (nSPS) is 11.1. The fourth-order valence-corrected chi connectivity index (χ4v) is 2.86. The van der Waals surface area contributed by atoms with Crippen LogP contribution in [0.1, 0.15) is 43.9 Å². The summed E-state index contributed by atoms with van der Waals surface area (Å²) >= 11 is 0. The molecule has 0 aliphatic heterocycles. The van der Waals surface area contributed by atoms with E-state index < -0.39 is 0 Å². The molecule has 0 spiro atoms. The van der Waals surface area contributed by atoms with Crippen LogP contribution in [0, 0.1) is 0 Å². The van der Waals surface area contributed by atoms with Crippen LogP contribution in [0.2, 0.25) is 0 Å². The van der Waals surface area contributed by atoms with Gasteiger partial charge in [-0.25, -0.2) is 0 Å². The molecule has 28 heavy (non-hydrogen) atoms. The number of aryl methyl sites for hydroxylation is 1. The number of hydrogen-bond acceptors (Lipinski definition) is 5. The van der Waals surface area contributed by atoms with Crippen molar-refractivity contribution in [3.05, 3.63) is 53.1 Å². The SMILES string of the molecule is COc1cc(CCC(=O)OCc2ccc(C(C)(C)C)cc2)cc(OC)c1OC. The molecule has 0 radical (unpaired) electrons. The smallest absolute Gasteiger partial charge is 0.306 e. The Morgan fingerprint density at radius 1 is 0.857 bits per heavy atom. The van der Waals surface area contributed by atoms with Crippen molar-refractivity contribution in [3.63, 3.8) is 0 Å². The van der Waals surface area contributed by atoms with E-state index in [0.717, 1.165) is 11.1 Å². The molecule has 0 atom stereocenters. The molecule has 0 aromatic heterocycles. The Kier molecular flexibility index (Phi) is 7.32. The van der Waals surface area contributed by atoms with Crippen molar-refractivity contribution in [2.75, 3.05) is 21.3 Å². The predicted molar refractivity (Wildman–Crippen MR) is 109 cm³/mol. The van der Waals surface area contributed by atoms with Gasteiger partial charge in [0.1, 0.15) is 6.61 Å². The minimum Gasteiger partial charge on any atom is -0.493 e. The second kappa shape index (κ2) is 9.49. The molecule has 0 aliphatic rings. The summed E-state index contributed by atoms with van der Waals surface area (Å²) in [6.45, 7) is 6.79. The lowest BCUT2D eigenvalue weighted by Gasteiger charge is -2.19. The molecule has 2 aromatic carbocycles. The summed E-state index contributed by atoms with van der Waals surface area (Å²) in [5.74, 6) is 1.44. The Hall–Kier alpha value is -2.69. The van der Waals surface area contributed by atoms with Gasteiger partial charge < -0.3 is 18.9 Å². The minimum absolute atomic E-state index is 0.107. The number of esters is 1. The molecular formula is C23H30O5. The van der Waals surface area contributed by atoms with Gasteiger partial charge in [-0.05, 0) is 40.7 Å². The van der Waals surface area contributed by atoms with Gasteiger partial charge in [0.25, 0.3) is 0 Å². The molecule has 0 bridgehead atoms. The Balaban J connectivity index is 1.92. The van der Waals surface area contributed by atoms with Gasteiger partial charge in [0.05, 0.1) is 21.3 Å². The zero-order valence-corrected chi connectivity index (χ0v) is 17.6. The average Bonchev–Trinajstić information content (AvgIpc) is 2.69. The van der Waals surface area contributed by atoms with Crippen molar-refractivity contribution >= 4 is 5.97 Å². The van der Waals surface area contributed by atoms with Crippen molar-refractivity contribution in [2.45, 2.75) is 45.6 Å². The summed E-state index contributed by atoms with van der Waals surface area (Å²) < 4.78 is 21.4. The van der Waals surface area contributed by atoms with Crippen LogP contribution in [0.3, 0.4) is 0 Å². The third-order valence-electron chi connectivity index (χ3n) is 4.56. The lowest BCUT2D eigenvalue weighted by atomic mass is 9.87. The molecule has 2 aromatic rings. The Morgan fingerprint density at radius 3 is 1.89 bits per heavy atom. The van der Waals surface area contributed by atoms with Crippen LogP contribution >= 0.6 is 0 Å². The minimum atomic E-state index is -0.242. The van der Waals surface area contributed by atoms with Crippen molar-refractivity contribution < 1.29 is 23.7 Å². The van der Waals surface area contributed by atoms with Gasteiger partial charge >= 0.3 is 5.97 Å². The molecule has 0 unspecified atom stereocenters. The van der Waals surface area contributed by atoms with Gasteiger partial charge in [0.15, 0.2) is 11.5 Å². The molecular weight excluding hydrogens is 356 g/mol. The zero-order chi connectivity index (χ0) is 20.7. The van der Waals surface area contributed by atoms with Crippen LogP contribution in [-0.4, -0.2) is 27.3 Å². The highest BCUT2D eigenvalue weighted by molar-refractivity contribution is 5.70. The highest BCUT2D eigenvalue weighted by atomic mass is 16.5. The molecule has 152 valence electrons. The first kappa shape index (κ1) is 21.6. The number of carbonyl (C=O) groups is 1. The van der Waals surface area contributed by atoms with Gasteiger partial charge in [0, 0.05) is 6.42 Å². The van der Waals surface area contributed by atoms with E-state index in [1.807, 2.05) is 24.3 Å². The van der Waals surface area contributed by atoms with Crippen molar-refractivity contribution in [1.82, 2.24) is 0 Å². The molecule has 0 saturated carbocycles. The third kappa shape index (κ3) is 5.65. The second-order valence-corrected chi connectivity index (χ2v) is 7.64. The molecule has 5 heteroatoms. The quantitative estimate of drug-likeness (QED) is 0.616. The number of hydrogen-bond donors (Lipinski definition) is 0. The molecule has 2 rings (SSSR count). The molecule has 0 fully saturated rings. The van der Waals surface area contributed by atoms with Gasteiger partial charge in [0.2, 0.25) is 5.75 Å². The van der Waals surface area contributed by atoms with E-state index in [9.17, 15) is 4.79 Å². The fraction of sp³-hybridized carbons (Fsp3) is 0.435. The standard InChI is InChI=1S/C23H30O5/c1-23(2,3)18-10-7-16(8-11-18)15-28-21(24)12-9-17-13-19(25-4)22(27-6)20(14-17)26-5/h7-8,10-11,13-14H,9,12,15H2,1-6H3. The molecule has 0 heterocycles. The van der Waals surface area contributed by atoms with Crippen LogP contribution in [0.25, 0.3) is 0 Å². The lowest BCUT2D eigenvalue weighted by molar-refractivity contribution is -0.144. The van der Waals surface area contributed by atoms with E-state index in [2.05, 4.69) is 32.9 Å². The topological polar surface area (TPSA) is 54.0 Å². The maximum absolute atomic E-state index is 12.1. The number of ether oxygens (including phenoxy) is 4. The van der Waals surface area contributed by atoms with Crippen LogP contribution in [-0.2, 0) is 28.0 Å². The Morgan fingerprint density at radius 2 is 1.43 bits per heavy atom. The zero-order valence-electron chi connectivity index (χ0n) is 17.6. The summed E-state index contributed by atoms with van der Waals surface area (Å²) in [7, 11) is 4.70. The highest BCUT2D eigenvalue weighted by Crippen LogP contribution is 2.38. The Bertz CT molecular complexity index is 763. The molecule has 5 nitrogen and oxygen atoms in total. The number of rotatable bonds is 8. The van der Waals surface area contributed by atoms with Gasteiger partial charge in [-0.2, -0.15) is 0 Å². The Labute approximate surface area is 167 Å². The van der Waals surface area contributed by atoms with E-state index in [-0.39, 0.29) is 24.4 Å². The first-order valence-corrected chi connectivity index (χ1v) is 9.32. The molecule has 0 amide bonds. The van der Waals surface area contributed by atoms with E-state index in [4.69, 9.17) is 18.9 Å². The molecule has 0 N–H and O–H groups in total. The largest absolute Gasteiger partial charge is 0.493 e. The summed E-state index contributed by atoms with van der Waals surface area (Å²) in [4.78, 5) is 12.1. The van der Waals surface area contributed by atoms with Crippen molar-refractivity contribution in [2.24, 2.45) is 0 Å². The first-order valence-electron chi connectivity index (χ1n) is 9.32. The van der Waals surface area contributed by atoms with E-state index >= 15 is 0 Å². The summed E-state index contributed by atoms with van der Waals surface area (Å²) in [5.41, 5.74) is 3.26. The molecule has 0 aliphatic carbocycles. The monoisotopic (exact) mass is 386 g/mol. The van der Waals surface area contributed by atoms with Crippen LogP contribution in [0.15, 0.2) is 36.4 Å². The van der Waals surface area contributed by atoms with Crippen molar-refractivity contribution in [3.8, 4) is 17.2 Å². The second-order valence-electron chi connectivity index (χ2n) is 7.64. The number of carbonyl (C=O) groups excluding carboxylic acids is 1. The third-order valence-corrected chi connectivity index (χ3v) is 4.56. The van der Waals surface area contributed by atoms with E-state index in [0.29, 0.717) is 23.7 Å². The summed E-state index contributed by atoms with van der Waals surface area (Å²) in [6.07, 6.45) is 0.803. The number of benzene rings is 2. The predicted octanol–water partition coefficient (Wildman–Crippen LogP) is 4.69. The van der Waals surface area contributed by atoms with Gasteiger partial charge in [-0.15, -0.1) is 0 Å². The van der Waals surface area contributed by atoms with Gasteiger partial charge in [-0.3, -0.25) is 4.79 Å². The van der Waals surface area contributed by atoms with Crippen LogP contribution in [0.5, 0.6) is 17.2 Å². The van der Waals surface area contributed by atoms with Gasteiger partial charge in [-0.1, -0.05) is 45.0 Å². The number of methoxy groups -OCH3 is 3. The highest BCUT2D eigenvalue weighted by Gasteiger charge is 2.15.